The molecule has 1 heterocycles. The quantitative estimate of drug-likeness (QED) is 0.867. The number of fused-ring (bicyclic) bond motifs is 1. The summed E-state index contributed by atoms with van der Waals surface area (Å²) < 4.78 is 18.9. The molecule has 94 valence electrons. The molecule has 0 aliphatic heterocycles. The number of carbonyl (C=O) groups excluding carboxylic acids is 1. The minimum atomic E-state index is -0.721. The number of hydrogen-bond acceptors (Lipinski definition) is 3. The predicted molar refractivity (Wildman–Crippen MR) is 68.2 cm³/mol. The molecule has 0 atom stereocenters. The van der Waals surface area contributed by atoms with Crippen molar-refractivity contribution in [2.45, 2.75) is 6.92 Å². The zero-order chi connectivity index (χ0) is 13.3. The molecule has 0 fully saturated rings. The van der Waals surface area contributed by atoms with Crippen molar-refractivity contribution in [1.29, 1.82) is 0 Å². The van der Waals surface area contributed by atoms with Gasteiger partial charge < -0.3 is 9.72 Å². The molecule has 2 aromatic rings. The van der Waals surface area contributed by atoms with E-state index >= 15 is 0 Å². The van der Waals surface area contributed by atoms with Gasteiger partial charge in [-0.3, -0.25) is 4.79 Å². The Bertz CT molecular complexity index is 681. The number of hydrogen-bond donors (Lipinski definition) is 1. The van der Waals surface area contributed by atoms with Gasteiger partial charge in [0.1, 0.15) is 11.4 Å². The van der Waals surface area contributed by atoms with Crippen LogP contribution in [0.5, 0.6) is 0 Å². The lowest BCUT2D eigenvalue weighted by Crippen LogP contribution is -2.19. The number of carbonyl (C=O) groups is 1. The van der Waals surface area contributed by atoms with Crippen molar-refractivity contribution < 1.29 is 13.9 Å². The van der Waals surface area contributed by atoms with E-state index in [0.717, 1.165) is 0 Å². The molecule has 18 heavy (non-hydrogen) atoms. The maximum Gasteiger partial charge on any atom is 0.343 e. The molecule has 6 heteroatoms. The monoisotopic (exact) mass is 313 g/mol. The lowest BCUT2D eigenvalue weighted by atomic mass is 10.1. The Morgan fingerprint density at radius 1 is 1.44 bits per heavy atom. The van der Waals surface area contributed by atoms with Crippen LogP contribution in [-0.4, -0.2) is 17.6 Å². The molecule has 0 unspecified atom stereocenters. The number of ether oxygens (including phenoxy) is 1. The van der Waals surface area contributed by atoms with Gasteiger partial charge in [0.15, 0.2) is 0 Å². The van der Waals surface area contributed by atoms with E-state index < -0.39 is 17.3 Å². The zero-order valence-corrected chi connectivity index (χ0v) is 11.0. The topological polar surface area (TPSA) is 59.2 Å². The predicted octanol–water partition coefficient (Wildman–Crippen LogP) is 2.61. The summed E-state index contributed by atoms with van der Waals surface area (Å²) in [5.41, 5.74) is -0.736. The zero-order valence-electron chi connectivity index (χ0n) is 9.42. The average Bonchev–Trinajstić information content (AvgIpc) is 2.29. The fraction of sp³-hybridized carbons (Fsp3) is 0.167. The summed E-state index contributed by atoms with van der Waals surface area (Å²) >= 11 is 3.15. The summed E-state index contributed by atoms with van der Waals surface area (Å²) in [4.78, 5) is 25.5. The summed E-state index contributed by atoms with van der Waals surface area (Å²) in [7, 11) is 0. The third kappa shape index (κ3) is 2.28. The van der Waals surface area contributed by atoms with Gasteiger partial charge in [0.05, 0.1) is 12.1 Å². The Morgan fingerprint density at radius 3 is 2.83 bits per heavy atom. The average molecular weight is 314 g/mol. The minimum Gasteiger partial charge on any atom is -0.462 e. The van der Waals surface area contributed by atoms with Crippen molar-refractivity contribution in [3.63, 3.8) is 0 Å². The van der Waals surface area contributed by atoms with Crippen LogP contribution in [0.15, 0.2) is 27.5 Å². The van der Waals surface area contributed by atoms with E-state index in [0.29, 0.717) is 9.86 Å². The van der Waals surface area contributed by atoms with Crippen LogP contribution < -0.4 is 5.56 Å². The fourth-order valence-electron chi connectivity index (χ4n) is 1.60. The molecule has 1 aromatic heterocycles. The SMILES string of the molecule is CCOC(=O)c1cc2cc(Br)cc(F)c2[nH]c1=O. The molecule has 0 radical (unpaired) electrons. The number of esters is 1. The van der Waals surface area contributed by atoms with Crippen LogP contribution in [0.2, 0.25) is 0 Å². The number of halogens is 2. The van der Waals surface area contributed by atoms with E-state index in [-0.39, 0.29) is 17.7 Å². The van der Waals surface area contributed by atoms with Crippen molar-refractivity contribution in [3.8, 4) is 0 Å². The van der Waals surface area contributed by atoms with Gasteiger partial charge in [-0.2, -0.15) is 0 Å². The normalized spacial score (nSPS) is 10.6. The van der Waals surface area contributed by atoms with Crippen molar-refractivity contribution in [2.75, 3.05) is 6.61 Å². The molecular weight excluding hydrogens is 305 g/mol. The number of nitrogens with one attached hydrogen (secondary N) is 1. The Labute approximate surface area is 110 Å². The molecule has 0 saturated carbocycles. The highest BCUT2D eigenvalue weighted by Crippen LogP contribution is 2.21. The van der Waals surface area contributed by atoms with Crippen molar-refractivity contribution in [1.82, 2.24) is 4.98 Å². The van der Waals surface area contributed by atoms with Crippen LogP contribution in [0.25, 0.3) is 10.9 Å². The molecule has 0 aliphatic carbocycles. The molecule has 0 saturated heterocycles. The number of pyridine rings is 1. The molecule has 0 bridgehead atoms. The summed E-state index contributed by atoms with van der Waals surface area (Å²) in [6.45, 7) is 1.81. The second-order valence-electron chi connectivity index (χ2n) is 3.58. The van der Waals surface area contributed by atoms with Gasteiger partial charge >= 0.3 is 5.97 Å². The van der Waals surface area contributed by atoms with E-state index in [1.165, 1.54) is 12.1 Å². The van der Waals surface area contributed by atoms with E-state index in [4.69, 9.17) is 4.74 Å². The molecule has 1 aromatic carbocycles. The Morgan fingerprint density at radius 2 is 2.17 bits per heavy atom. The van der Waals surface area contributed by atoms with Crippen LogP contribution >= 0.6 is 15.9 Å². The molecule has 2 rings (SSSR count). The number of rotatable bonds is 2. The lowest BCUT2D eigenvalue weighted by molar-refractivity contribution is 0.0524. The van der Waals surface area contributed by atoms with Gasteiger partial charge in [0, 0.05) is 9.86 Å². The largest absolute Gasteiger partial charge is 0.462 e. The number of aromatic nitrogens is 1. The standard InChI is InChI=1S/C12H9BrFNO3/c1-2-18-12(17)8-4-6-3-7(13)5-9(14)10(6)15-11(8)16/h3-5H,2H2,1H3,(H,15,16). The van der Waals surface area contributed by atoms with Crippen LogP contribution in [0, 0.1) is 5.82 Å². The van der Waals surface area contributed by atoms with Gasteiger partial charge in [-0.15, -0.1) is 0 Å². The first kappa shape index (κ1) is 12.8. The van der Waals surface area contributed by atoms with Crippen LogP contribution in [0.3, 0.4) is 0 Å². The summed E-state index contributed by atoms with van der Waals surface area (Å²) in [5.74, 6) is -1.28. The van der Waals surface area contributed by atoms with Crippen molar-refractivity contribution >= 4 is 32.8 Å². The Hall–Kier alpha value is -1.69. The summed E-state index contributed by atoms with van der Waals surface area (Å²) in [6, 6.07) is 4.17. The summed E-state index contributed by atoms with van der Waals surface area (Å²) in [6.07, 6.45) is 0. The van der Waals surface area contributed by atoms with E-state index in [1.807, 2.05) is 0 Å². The van der Waals surface area contributed by atoms with Crippen molar-refractivity contribution in [2.24, 2.45) is 0 Å². The molecule has 4 nitrogen and oxygen atoms in total. The summed E-state index contributed by atoms with van der Waals surface area (Å²) in [5, 5.41) is 0.421. The van der Waals surface area contributed by atoms with Gasteiger partial charge in [-0.1, -0.05) is 15.9 Å². The second kappa shape index (κ2) is 4.89. The van der Waals surface area contributed by atoms with Gasteiger partial charge in [-0.25, -0.2) is 9.18 Å². The fourth-order valence-corrected chi connectivity index (χ4v) is 2.05. The maximum absolute atomic E-state index is 13.6. The molecule has 0 spiro atoms. The first-order valence-electron chi connectivity index (χ1n) is 5.22. The number of H-pyrrole nitrogens is 1. The first-order valence-corrected chi connectivity index (χ1v) is 6.01. The van der Waals surface area contributed by atoms with Gasteiger partial charge in [-0.05, 0) is 25.1 Å². The highest BCUT2D eigenvalue weighted by Gasteiger charge is 2.14. The van der Waals surface area contributed by atoms with E-state index in [2.05, 4.69) is 20.9 Å². The van der Waals surface area contributed by atoms with E-state index in [9.17, 15) is 14.0 Å². The maximum atomic E-state index is 13.6. The van der Waals surface area contributed by atoms with Gasteiger partial charge in [0.25, 0.3) is 5.56 Å². The third-order valence-corrected chi connectivity index (χ3v) is 2.82. The van der Waals surface area contributed by atoms with Crippen LogP contribution in [0.1, 0.15) is 17.3 Å². The highest BCUT2D eigenvalue weighted by molar-refractivity contribution is 9.10. The minimum absolute atomic E-state index is 0.0660. The third-order valence-electron chi connectivity index (χ3n) is 2.36. The Kier molecular flexibility index (Phi) is 3.47. The Balaban J connectivity index is 2.68. The molecule has 0 aliphatic rings. The first-order chi connectivity index (χ1) is 8.52. The second-order valence-corrected chi connectivity index (χ2v) is 4.50. The molecular formula is C12H9BrFNO3. The van der Waals surface area contributed by atoms with E-state index in [1.54, 1.807) is 13.0 Å². The van der Waals surface area contributed by atoms with Gasteiger partial charge in [0.2, 0.25) is 0 Å². The lowest BCUT2D eigenvalue weighted by Gasteiger charge is -2.04. The molecule has 0 amide bonds. The number of aromatic amines is 1. The van der Waals surface area contributed by atoms with Crippen LogP contribution in [0.4, 0.5) is 4.39 Å². The smallest absolute Gasteiger partial charge is 0.343 e. The number of benzene rings is 1. The highest BCUT2D eigenvalue weighted by atomic mass is 79.9. The van der Waals surface area contributed by atoms with Crippen LogP contribution in [-0.2, 0) is 4.74 Å². The molecule has 1 N–H and O–H groups in total. The van der Waals surface area contributed by atoms with Crippen molar-refractivity contribution in [3.05, 3.63) is 44.4 Å².